The van der Waals surface area contributed by atoms with Crippen molar-refractivity contribution < 1.29 is 9.47 Å². The summed E-state index contributed by atoms with van der Waals surface area (Å²) in [5.41, 5.74) is 0.752. The number of nitrogens with zero attached hydrogens (tertiary/aromatic N) is 2. The van der Waals surface area contributed by atoms with E-state index in [0.717, 1.165) is 4.47 Å². The Morgan fingerprint density at radius 3 is 2.50 bits per heavy atom. The average Bonchev–Trinajstić information content (AvgIpc) is 2.72. The number of rotatable bonds is 1. The van der Waals surface area contributed by atoms with E-state index in [1.165, 1.54) is 6.08 Å². The van der Waals surface area contributed by atoms with Gasteiger partial charge in [0.25, 0.3) is 0 Å². The molecule has 1 aromatic carbocycles. The first-order valence-electron chi connectivity index (χ1n) is 4.35. The summed E-state index contributed by atoms with van der Waals surface area (Å²) in [6.45, 7) is 0.193. The van der Waals surface area contributed by atoms with Gasteiger partial charge in [-0.2, -0.15) is 10.5 Å². The van der Waals surface area contributed by atoms with Crippen LogP contribution in [0.5, 0.6) is 11.5 Å². The van der Waals surface area contributed by atoms with Crippen LogP contribution in [0.25, 0.3) is 6.08 Å². The van der Waals surface area contributed by atoms with E-state index in [-0.39, 0.29) is 12.4 Å². The topological polar surface area (TPSA) is 66.0 Å². The Hall–Kier alpha value is -1.98. The molecule has 16 heavy (non-hydrogen) atoms. The fraction of sp³-hybridized carbons (Fsp3) is 0.0909. The molecule has 1 aliphatic heterocycles. The van der Waals surface area contributed by atoms with E-state index >= 15 is 0 Å². The van der Waals surface area contributed by atoms with Crippen LogP contribution in [-0.2, 0) is 0 Å². The monoisotopic (exact) mass is 276 g/mol. The molecule has 1 heterocycles. The Bertz CT molecular complexity index is 536. The number of halogens is 1. The number of hydrogen-bond acceptors (Lipinski definition) is 4. The number of hydrogen-bond donors (Lipinski definition) is 0. The van der Waals surface area contributed by atoms with Crippen LogP contribution in [0.3, 0.4) is 0 Å². The third-order valence-electron chi connectivity index (χ3n) is 2.03. The predicted molar refractivity (Wildman–Crippen MR) is 59.5 cm³/mol. The minimum Gasteiger partial charge on any atom is -0.454 e. The van der Waals surface area contributed by atoms with Crippen LogP contribution in [0.4, 0.5) is 0 Å². The van der Waals surface area contributed by atoms with Crippen LogP contribution in [0, 0.1) is 22.7 Å². The van der Waals surface area contributed by atoms with Crippen LogP contribution in [0.15, 0.2) is 22.2 Å². The van der Waals surface area contributed by atoms with Gasteiger partial charge in [-0.25, -0.2) is 0 Å². The highest BCUT2D eigenvalue weighted by Crippen LogP contribution is 2.37. The lowest BCUT2D eigenvalue weighted by Crippen LogP contribution is -1.92. The molecule has 1 aromatic rings. The predicted octanol–water partition coefficient (Wildman–Crippen LogP) is 2.61. The van der Waals surface area contributed by atoms with E-state index in [0.29, 0.717) is 17.1 Å². The maximum Gasteiger partial charge on any atom is 0.231 e. The SMILES string of the molecule is N#CC(C#N)=Cc1cc2c(cc1Br)OCO2. The maximum absolute atomic E-state index is 8.66. The number of benzene rings is 1. The van der Waals surface area contributed by atoms with Crippen LogP contribution in [-0.4, -0.2) is 6.79 Å². The van der Waals surface area contributed by atoms with Gasteiger partial charge in [-0.1, -0.05) is 15.9 Å². The summed E-state index contributed by atoms with van der Waals surface area (Å²) >= 11 is 3.34. The van der Waals surface area contributed by atoms with Crippen molar-refractivity contribution in [1.82, 2.24) is 0 Å². The summed E-state index contributed by atoms with van der Waals surface area (Å²) < 4.78 is 11.1. The molecule has 0 spiro atoms. The highest BCUT2D eigenvalue weighted by Gasteiger charge is 2.15. The lowest BCUT2D eigenvalue weighted by Gasteiger charge is -2.01. The molecule has 1 aliphatic rings. The third kappa shape index (κ3) is 1.86. The van der Waals surface area contributed by atoms with E-state index in [2.05, 4.69) is 15.9 Å². The molecule has 0 aromatic heterocycles. The quantitative estimate of drug-likeness (QED) is 0.740. The van der Waals surface area contributed by atoms with E-state index < -0.39 is 0 Å². The van der Waals surface area contributed by atoms with Gasteiger partial charge in [0, 0.05) is 4.47 Å². The molecule has 0 unspecified atom stereocenters. The minimum atomic E-state index is 0.0413. The first kappa shape index (κ1) is 10.5. The molecule has 78 valence electrons. The zero-order valence-electron chi connectivity index (χ0n) is 8.03. The van der Waals surface area contributed by atoms with Crippen LogP contribution < -0.4 is 9.47 Å². The van der Waals surface area contributed by atoms with Crippen molar-refractivity contribution in [3.63, 3.8) is 0 Å². The highest BCUT2D eigenvalue weighted by molar-refractivity contribution is 9.10. The van der Waals surface area contributed by atoms with Gasteiger partial charge in [0.2, 0.25) is 6.79 Å². The Kier molecular flexibility index (Phi) is 2.80. The molecule has 0 aliphatic carbocycles. The molecular weight excluding hydrogens is 272 g/mol. The summed E-state index contributed by atoms with van der Waals surface area (Å²) in [5, 5.41) is 17.3. The second-order valence-electron chi connectivity index (χ2n) is 3.01. The van der Waals surface area contributed by atoms with Gasteiger partial charge >= 0.3 is 0 Å². The summed E-state index contributed by atoms with van der Waals surface area (Å²) in [5.74, 6) is 1.27. The smallest absolute Gasteiger partial charge is 0.231 e. The zero-order chi connectivity index (χ0) is 11.5. The first-order chi connectivity index (χ1) is 7.74. The van der Waals surface area contributed by atoms with Crippen molar-refractivity contribution >= 4 is 22.0 Å². The van der Waals surface area contributed by atoms with Gasteiger partial charge < -0.3 is 9.47 Å². The Morgan fingerprint density at radius 2 is 1.88 bits per heavy atom. The van der Waals surface area contributed by atoms with Gasteiger partial charge in [-0.15, -0.1) is 0 Å². The highest BCUT2D eigenvalue weighted by atomic mass is 79.9. The molecule has 0 N–H and O–H groups in total. The van der Waals surface area contributed by atoms with Gasteiger partial charge in [0.15, 0.2) is 11.5 Å². The lowest BCUT2D eigenvalue weighted by molar-refractivity contribution is 0.174. The molecule has 2 rings (SSSR count). The number of ether oxygens (including phenoxy) is 2. The van der Waals surface area contributed by atoms with Crippen LogP contribution in [0.2, 0.25) is 0 Å². The molecule has 0 atom stereocenters. The van der Waals surface area contributed by atoms with Crippen molar-refractivity contribution in [3.05, 3.63) is 27.7 Å². The Labute approximate surface area is 100 Å². The van der Waals surface area contributed by atoms with Gasteiger partial charge in [-0.05, 0) is 23.8 Å². The number of fused-ring (bicyclic) bond motifs is 1. The molecular formula is C11H5BrN2O2. The Morgan fingerprint density at radius 1 is 1.25 bits per heavy atom. The second-order valence-corrected chi connectivity index (χ2v) is 3.86. The lowest BCUT2D eigenvalue weighted by atomic mass is 10.1. The number of nitriles is 2. The summed E-state index contributed by atoms with van der Waals surface area (Å²) in [6, 6.07) is 7.08. The average molecular weight is 277 g/mol. The molecule has 0 fully saturated rings. The maximum atomic E-state index is 8.66. The van der Waals surface area contributed by atoms with Crippen molar-refractivity contribution in [2.24, 2.45) is 0 Å². The van der Waals surface area contributed by atoms with Crippen molar-refractivity contribution in [3.8, 4) is 23.6 Å². The normalized spacial score (nSPS) is 11.4. The Balaban J connectivity index is 2.48. The molecule has 0 amide bonds. The van der Waals surface area contributed by atoms with E-state index in [9.17, 15) is 0 Å². The van der Waals surface area contributed by atoms with Crippen molar-refractivity contribution in [2.45, 2.75) is 0 Å². The van der Waals surface area contributed by atoms with E-state index in [1.807, 2.05) is 0 Å². The van der Waals surface area contributed by atoms with Crippen molar-refractivity contribution in [1.29, 1.82) is 10.5 Å². The molecule has 0 radical (unpaired) electrons. The van der Waals surface area contributed by atoms with Gasteiger partial charge in [0.1, 0.15) is 17.7 Å². The van der Waals surface area contributed by atoms with Crippen LogP contribution in [0.1, 0.15) is 5.56 Å². The van der Waals surface area contributed by atoms with E-state index in [1.54, 1.807) is 24.3 Å². The molecule has 5 heteroatoms. The van der Waals surface area contributed by atoms with E-state index in [4.69, 9.17) is 20.0 Å². The molecule has 0 bridgehead atoms. The summed E-state index contributed by atoms with van der Waals surface area (Å²) in [4.78, 5) is 0. The summed E-state index contributed by atoms with van der Waals surface area (Å²) in [7, 11) is 0. The largest absolute Gasteiger partial charge is 0.454 e. The molecule has 0 saturated carbocycles. The van der Waals surface area contributed by atoms with Crippen LogP contribution >= 0.6 is 15.9 Å². The fourth-order valence-electron chi connectivity index (χ4n) is 1.29. The fourth-order valence-corrected chi connectivity index (χ4v) is 1.73. The van der Waals surface area contributed by atoms with Crippen molar-refractivity contribution in [2.75, 3.05) is 6.79 Å². The third-order valence-corrected chi connectivity index (χ3v) is 2.72. The molecule has 4 nitrogen and oxygen atoms in total. The minimum absolute atomic E-state index is 0.0413. The number of allylic oxidation sites excluding steroid dienone is 1. The van der Waals surface area contributed by atoms with Gasteiger partial charge in [-0.3, -0.25) is 0 Å². The summed E-state index contributed by atoms with van der Waals surface area (Å²) in [6.07, 6.45) is 1.49. The molecule has 0 saturated heterocycles. The van der Waals surface area contributed by atoms with Gasteiger partial charge in [0.05, 0.1) is 0 Å². The standard InChI is InChI=1S/C11H5BrN2O2/c12-9-3-11-10(15-6-16-11)2-8(9)1-7(4-13)5-14/h1-3H,6H2. The zero-order valence-corrected chi connectivity index (χ0v) is 9.61. The second kappa shape index (κ2) is 4.26. The first-order valence-corrected chi connectivity index (χ1v) is 5.15.